The molecule has 2 bridgehead atoms. The summed E-state index contributed by atoms with van der Waals surface area (Å²) in [5, 5.41) is 0.0783. The van der Waals surface area contributed by atoms with E-state index in [4.69, 9.17) is 23.4 Å². The van der Waals surface area contributed by atoms with Crippen molar-refractivity contribution in [3.8, 4) is 0 Å². The number of methoxy groups -OCH3 is 1. The quantitative estimate of drug-likeness (QED) is 0.167. The third-order valence-electron chi connectivity index (χ3n) is 9.19. The van der Waals surface area contributed by atoms with Crippen LogP contribution >= 0.6 is 0 Å². The zero-order valence-electron chi connectivity index (χ0n) is 28.6. The third kappa shape index (κ3) is 12.0. The molecule has 0 saturated carbocycles. The summed E-state index contributed by atoms with van der Waals surface area (Å²) in [7, 11) is -0.403. The zero-order valence-corrected chi connectivity index (χ0v) is 29.6. The molecule has 0 aromatic carbocycles. The first kappa shape index (κ1) is 36.4. The minimum atomic E-state index is -2.05. The Kier molecular flexibility index (Phi) is 14.1. The Balaban J connectivity index is 1.87. The van der Waals surface area contributed by atoms with Gasteiger partial charge in [0.1, 0.15) is 12.2 Å². The number of cyclic esters (lactones) is 1. The highest BCUT2D eigenvalue weighted by Crippen LogP contribution is 2.38. The van der Waals surface area contributed by atoms with Crippen molar-refractivity contribution in [2.24, 2.45) is 5.92 Å². The number of esters is 1. The summed E-state index contributed by atoms with van der Waals surface area (Å²) in [5.74, 6) is 0.0627. The highest BCUT2D eigenvalue weighted by molar-refractivity contribution is 6.74. The largest absolute Gasteiger partial charge is 0.456 e. The van der Waals surface area contributed by atoms with Gasteiger partial charge in [-0.25, -0.2) is 4.79 Å². The molecular formula is C37H58O6Si. The smallest absolute Gasteiger partial charge is 0.330 e. The maximum atomic E-state index is 13.0. The molecular weight excluding hydrogens is 568 g/mol. The molecule has 0 spiro atoms. The van der Waals surface area contributed by atoms with Crippen molar-refractivity contribution in [2.45, 2.75) is 134 Å². The third-order valence-corrected chi connectivity index (χ3v) is 13.7. The van der Waals surface area contributed by atoms with Crippen LogP contribution in [0.1, 0.15) is 79.6 Å². The van der Waals surface area contributed by atoms with E-state index in [-0.39, 0.29) is 35.4 Å². The predicted molar refractivity (Wildman–Crippen MR) is 182 cm³/mol. The maximum absolute atomic E-state index is 13.0. The molecule has 0 aromatic rings. The molecule has 3 heterocycles. The molecule has 0 saturated heterocycles. The second-order valence-electron chi connectivity index (χ2n) is 14.4. The van der Waals surface area contributed by atoms with Crippen LogP contribution < -0.4 is 0 Å². The average molecular weight is 627 g/mol. The van der Waals surface area contributed by atoms with Gasteiger partial charge in [-0.05, 0) is 69.5 Å². The first-order chi connectivity index (χ1) is 20.8. The summed E-state index contributed by atoms with van der Waals surface area (Å²) in [6.45, 7) is 20.8. The lowest BCUT2D eigenvalue weighted by Crippen LogP contribution is -2.43. The van der Waals surface area contributed by atoms with E-state index in [0.717, 1.165) is 32.1 Å². The lowest BCUT2D eigenvalue weighted by molar-refractivity contribution is -0.148. The summed E-state index contributed by atoms with van der Waals surface area (Å²) < 4.78 is 31.1. The number of fused-ring (bicyclic) bond motifs is 2. The molecule has 44 heavy (non-hydrogen) atoms. The van der Waals surface area contributed by atoms with Gasteiger partial charge in [-0.15, -0.1) is 0 Å². The number of hydrogen-bond donors (Lipinski definition) is 0. The lowest BCUT2D eigenvalue weighted by atomic mass is 9.91. The van der Waals surface area contributed by atoms with Gasteiger partial charge in [0, 0.05) is 19.6 Å². The lowest BCUT2D eigenvalue weighted by Gasteiger charge is -2.39. The molecule has 3 rings (SSSR count). The van der Waals surface area contributed by atoms with Crippen LogP contribution in [-0.4, -0.2) is 64.6 Å². The minimum Gasteiger partial charge on any atom is -0.456 e. The van der Waals surface area contributed by atoms with E-state index in [1.165, 1.54) is 17.2 Å². The van der Waals surface area contributed by atoms with Crippen LogP contribution in [0.2, 0.25) is 18.1 Å². The minimum absolute atomic E-state index is 0.0221. The van der Waals surface area contributed by atoms with Crippen LogP contribution in [0.5, 0.6) is 0 Å². The highest BCUT2D eigenvalue weighted by Gasteiger charge is 2.39. The van der Waals surface area contributed by atoms with Crippen LogP contribution in [0.15, 0.2) is 72.4 Å². The Bertz CT molecular complexity index is 1090. The summed E-state index contributed by atoms with van der Waals surface area (Å²) in [5.41, 5.74) is 2.50. The van der Waals surface area contributed by atoms with E-state index in [1.54, 1.807) is 7.11 Å². The van der Waals surface area contributed by atoms with Crippen LogP contribution in [0, 0.1) is 5.92 Å². The van der Waals surface area contributed by atoms with Gasteiger partial charge in [-0.1, -0.05) is 94.0 Å². The van der Waals surface area contributed by atoms with Gasteiger partial charge in [0.05, 0.1) is 31.0 Å². The number of rotatable bonds is 6. The Hall–Kier alpha value is -2.03. The molecule has 3 aliphatic heterocycles. The van der Waals surface area contributed by atoms with Crippen LogP contribution in [-0.2, 0) is 28.2 Å². The topological polar surface area (TPSA) is 63.2 Å². The molecule has 1 unspecified atom stereocenters. The van der Waals surface area contributed by atoms with Gasteiger partial charge in [-0.3, -0.25) is 0 Å². The van der Waals surface area contributed by atoms with Crippen LogP contribution in [0.4, 0.5) is 0 Å². The van der Waals surface area contributed by atoms with Crippen molar-refractivity contribution in [2.75, 3.05) is 13.7 Å². The van der Waals surface area contributed by atoms with E-state index in [9.17, 15) is 4.79 Å². The maximum Gasteiger partial charge on any atom is 0.330 e. The van der Waals surface area contributed by atoms with Crippen molar-refractivity contribution >= 4 is 14.3 Å². The molecule has 6 nitrogen and oxygen atoms in total. The van der Waals surface area contributed by atoms with Gasteiger partial charge in [0.2, 0.25) is 0 Å². The van der Waals surface area contributed by atoms with Crippen molar-refractivity contribution in [3.63, 3.8) is 0 Å². The van der Waals surface area contributed by atoms with E-state index in [1.807, 2.05) is 18.2 Å². The summed E-state index contributed by atoms with van der Waals surface area (Å²) >= 11 is 0. The predicted octanol–water partition coefficient (Wildman–Crippen LogP) is 8.58. The fourth-order valence-corrected chi connectivity index (χ4v) is 6.97. The van der Waals surface area contributed by atoms with Crippen molar-refractivity contribution in [3.05, 3.63) is 72.4 Å². The summed E-state index contributed by atoms with van der Waals surface area (Å²) in [6.07, 6.45) is 22.6. The summed E-state index contributed by atoms with van der Waals surface area (Å²) in [6, 6.07) is 0. The number of carbonyl (C=O) groups is 1. The van der Waals surface area contributed by atoms with E-state index >= 15 is 0 Å². The molecule has 0 aliphatic carbocycles. The molecule has 0 radical (unpaired) electrons. The van der Waals surface area contributed by atoms with Crippen LogP contribution in [0.3, 0.4) is 0 Å². The molecule has 3 aliphatic rings. The average Bonchev–Trinajstić information content (AvgIpc) is 2.92. The van der Waals surface area contributed by atoms with Crippen LogP contribution in [0.25, 0.3) is 0 Å². The molecule has 0 fully saturated rings. The van der Waals surface area contributed by atoms with Gasteiger partial charge >= 0.3 is 5.97 Å². The molecule has 7 atom stereocenters. The second kappa shape index (κ2) is 17.0. The molecule has 7 heteroatoms. The SMILES string of the molecule is C=C1CC(O[Si](C)(C)C(C)(C)C)C=CC[C@@H]([C@H](C=C[C@@H]2CC(C)=CCO2)OC)OC(=O)C=CC[C@@H]2C=CC[C@@H](C[C@@H](C)C1)O2. The number of carbonyl (C=O) groups excluding carboxylic acids is 1. The Morgan fingerprint density at radius 2 is 1.82 bits per heavy atom. The fraction of sp³-hybridized carbons (Fsp3) is 0.649. The monoisotopic (exact) mass is 626 g/mol. The van der Waals surface area contributed by atoms with Crippen molar-refractivity contribution < 1.29 is 28.2 Å². The molecule has 246 valence electrons. The summed E-state index contributed by atoms with van der Waals surface area (Å²) in [4.78, 5) is 13.0. The van der Waals surface area contributed by atoms with Gasteiger partial charge in [-0.2, -0.15) is 0 Å². The zero-order chi connectivity index (χ0) is 32.3. The first-order valence-electron chi connectivity index (χ1n) is 16.4. The molecule has 0 N–H and O–H groups in total. The number of ether oxygens (including phenoxy) is 4. The second-order valence-corrected chi connectivity index (χ2v) is 19.1. The van der Waals surface area contributed by atoms with Crippen molar-refractivity contribution in [1.29, 1.82) is 0 Å². The van der Waals surface area contributed by atoms with Gasteiger partial charge in [0.15, 0.2) is 8.32 Å². The number of hydrogen-bond acceptors (Lipinski definition) is 6. The van der Waals surface area contributed by atoms with Gasteiger partial charge < -0.3 is 23.4 Å². The van der Waals surface area contributed by atoms with E-state index < -0.39 is 20.5 Å². The van der Waals surface area contributed by atoms with Crippen molar-refractivity contribution in [1.82, 2.24) is 0 Å². The van der Waals surface area contributed by atoms with E-state index in [2.05, 4.69) is 84.7 Å². The van der Waals surface area contributed by atoms with E-state index in [0.29, 0.717) is 25.4 Å². The fourth-order valence-electron chi connectivity index (χ4n) is 5.70. The normalized spacial score (nSPS) is 30.9. The Morgan fingerprint density at radius 3 is 2.52 bits per heavy atom. The Labute approximate surface area is 268 Å². The molecule has 0 aromatic heterocycles. The van der Waals surface area contributed by atoms with Gasteiger partial charge in [0.25, 0.3) is 0 Å². The molecule has 0 amide bonds. The highest BCUT2D eigenvalue weighted by atomic mass is 28.4. The first-order valence-corrected chi connectivity index (χ1v) is 19.3. The Morgan fingerprint density at radius 1 is 1.07 bits per heavy atom. The standard InChI is InChI=1S/C37H58O6Si/c1-27-21-22-40-31(24-27)19-20-34(39-7)35-17-11-16-33(43-44(8,9)37(4,5)6)26-29(3)23-28(2)25-32-15-10-13-30(41-32)14-12-18-36(38)42-35/h10-13,16,18-21,28,30-35H,3,14-15,17,22-26H2,1-2,4-9H3/t28-,30-,31+,32-,33?,34-,35-/m0/s1.